The minimum atomic E-state index is -1.40. The Morgan fingerprint density at radius 3 is 2.67 bits per heavy atom. The fraction of sp³-hybridized carbons (Fsp3) is 0.545. The maximum absolute atomic E-state index is 10.9. The zero-order valence-corrected chi connectivity index (χ0v) is 8.84. The molecule has 0 saturated heterocycles. The molecule has 1 aliphatic rings. The highest BCUT2D eigenvalue weighted by atomic mass is 16.4. The van der Waals surface area contributed by atoms with E-state index in [-0.39, 0.29) is 11.7 Å². The molecule has 0 spiro atoms. The van der Waals surface area contributed by atoms with Gasteiger partial charge in [-0.2, -0.15) is 0 Å². The van der Waals surface area contributed by atoms with Crippen LogP contribution in [0, 0.1) is 11.8 Å². The lowest BCUT2D eigenvalue weighted by Gasteiger charge is -2.32. The Kier molecular flexibility index (Phi) is 3.19. The molecular formula is C11H16O4. The van der Waals surface area contributed by atoms with E-state index in [1.165, 1.54) is 18.2 Å². The topological polar surface area (TPSA) is 77.8 Å². The highest BCUT2D eigenvalue weighted by Gasteiger charge is 2.40. The van der Waals surface area contributed by atoms with Gasteiger partial charge in [-0.1, -0.05) is 13.8 Å². The normalized spacial score (nSPS) is 30.4. The molecule has 0 aromatic rings. The van der Waals surface area contributed by atoms with Crippen molar-refractivity contribution in [1.29, 1.82) is 0 Å². The number of allylic oxidation sites excluding steroid dienone is 1. The van der Waals surface area contributed by atoms with Crippen molar-refractivity contribution in [2.75, 3.05) is 0 Å². The van der Waals surface area contributed by atoms with Crippen molar-refractivity contribution in [2.24, 2.45) is 11.8 Å². The van der Waals surface area contributed by atoms with E-state index >= 15 is 0 Å². The highest BCUT2D eigenvalue weighted by Crippen LogP contribution is 2.32. The molecule has 0 aliphatic heterocycles. The molecule has 4 heteroatoms. The maximum Gasteiger partial charge on any atom is 0.313 e. The largest absolute Gasteiger partial charge is 0.508 e. The molecular weight excluding hydrogens is 196 g/mol. The van der Waals surface area contributed by atoms with E-state index in [0.717, 1.165) is 0 Å². The minimum absolute atomic E-state index is 0.115. The predicted octanol–water partition coefficient (Wildman–Crippen LogP) is 1.48. The summed E-state index contributed by atoms with van der Waals surface area (Å²) in [6.45, 7) is 3.81. The quantitative estimate of drug-likeness (QED) is 0.662. The van der Waals surface area contributed by atoms with Gasteiger partial charge in [0.15, 0.2) is 0 Å². The van der Waals surface area contributed by atoms with Crippen molar-refractivity contribution in [3.8, 4) is 0 Å². The summed E-state index contributed by atoms with van der Waals surface area (Å²) >= 11 is 0. The van der Waals surface area contributed by atoms with Crippen LogP contribution in [0.2, 0.25) is 0 Å². The molecule has 15 heavy (non-hydrogen) atoms. The summed E-state index contributed by atoms with van der Waals surface area (Å²) in [7, 11) is 0. The fourth-order valence-corrected chi connectivity index (χ4v) is 1.84. The number of rotatable bonds is 3. The van der Waals surface area contributed by atoms with Gasteiger partial charge < -0.3 is 15.3 Å². The van der Waals surface area contributed by atoms with Gasteiger partial charge in [0.25, 0.3) is 0 Å². The lowest BCUT2D eigenvalue weighted by molar-refractivity contribution is -0.147. The summed E-state index contributed by atoms with van der Waals surface area (Å²) in [6, 6.07) is 0. The molecule has 2 unspecified atom stereocenters. The van der Waals surface area contributed by atoms with Crippen molar-refractivity contribution < 1.29 is 20.1 Å². The molecule has 1 aliphatic carbocycles. The van der Waals surface area contributed by atoms with Crippen LogP contribution >= 0.6 is 0 Å². The van der Waals surface area contributed by atoms with Crippen LogP contribution in [-0.4, -0.2) is 26.9 Å². The Morgan fingerprint density at radius 2 is 2.20 bits per heavy atom. The van der Waals surface area contributed by atoms with Gasteiger partial charge in [-0.3, -0.25) is 4.79 Å². The monoisotopic (exact) mass is 212 g/mol. The van der Waals surface area contributed by atoms with Crippen LogP contribution in [0.4, 0.5) is 0 Å². The van der Waals surface area contributed by atoms with Crippen molar-refractivity contribution in [2.45, 2.75) is 25.9 Å². The lowest BCUT2D eigenvalue weighted by atomic mass is 9.78. The van der Waals surface area contributed by atoms with E-state index in [2.05, 4.69) is 0 Å². The molecule has 0 heterocycles. The second-order valence-electron chi connectivity index (χ2n) is 4.33. The summed E-state index contributed by atoms with van der Waals surface area (Å²) in [5.74, 6) is -2.15. The standard InChI is InChI=1S/C11H16O4/c1-7(2)6-11(15)4-3-8(12)5-9(11)10(13)14/h3-5,7,9,12,15H,6H2,1-2H3,(H,13,14). The van der Waals surface area contributed by atoms with E-state index in [9.17, 15) is 15.0 Å². The maximum atomic E-state index is 10.9. The Hall–Kier alpha value is -1.29. The molecule has 1 rings (SSSR count). The Bertz CT molecular complexity index is 317. The summed E-state index contributed by atoms with van der Waals surface area (Å²) in [5, 5.41) is 28.3. The Balaban J connectivity index is 2.97. The summed E-state index contributed by atoms with van der Waals surface area (Å²) < 4.78 is 0. The zero-order chi connectivity index (χ0) is 11.6. The van der Waals surface area contributed by atoms with Crippen molar-refractivity contribution in [3.05, 3.63) is 24.0 Å². The fourth-order valence-electron chi connectivity index (χ4n) is 1.84. The summed E-state index contributed by atoms with van der Waals surface area (Å²) in [4.78, 5) is 10.9. The van der Waals surface area contributed by atoms with E-state index < -0.39 is 17.5 Å². The summed E-state index contributed by atoms with van der Waals surface area (Å²) in [5.41, 5.74) is -1.40. The van der Waals surface area contributed by atoms with Gasteiger partial charge in [-0.15, -0.1) is 0 Å². The van der Waals surface area contributed by atoms with Crippen molar-refractivity contribution >= 4 is 5.97 Å². The van der Waals surface area contributed by atoms with E-state index in [1.54, 1.807) is 0 Å². The second kappa shape index (κ2) is 4.06. The number of aliphatic hydroxyl groups excluding tert-OH is 1. The first-order valence-electron chi connectivity index (χ1n) is 4.90. The number of aliphatic hydroxyl groups is 2. The molecule has 2 atom stereocenters. The number of hydrogen-bond donors (Lipinski definition) is 3. The van der Waals surface area contributed by atoms with Crippen LogP contribution < -0.4 is 0 Å². The molecule has 3 N–H and O–H groups in total. The summed E-state index contributed by atoms with van der Waals surface area (Å²) in [6.07, 6.45) is 4.22. The van der Waals surface area contributed by atoms with E-state index in [4.69, 9.17) is 5.11 Å². The predicted molar refractivity (Wildman–Crippen MR) is 55.4 cm³/mol. The van der Waals surface area contributed by atoms with Crippen LogP contribution in [0.1, 0.15) is 20.3 Å². The Labute approximate surface area is 88.5 Å². The van der Waals surface area contributed by atoms with Gasteiger partial charge in [0.05, 0.1) is 0 Å². The number of carbonyl (C=O) groups is 1. The highest BCUT2D eigenvalue weighted by molar-refractivity contribution is 5.75. The lowest BCUT2D eigenvalue weighted by Crippen LogP contribution is -2.42. The molecule has 0 radical (unpaired) electrons. The first-order chi connectivity index (χ1) is 6.85. The molecule has 0 aromatic carbocycles. The average Bonchev–Trinajstić information content (AvgIpc) is 2.08. The third-order valence-corrected chi connectivity index (χ3v) is 2.42. The SMILES string of the molecule is CC(C)CC1(O)C=CC(O)=CC1C(=O)O. The number of carboxylic acids is 1. The first-order valence-corrected chi connectivity index (χ1v) is 4.90. The van der Waals surface area contributed by atoms with E-state index in [0.29, 0.717) is 6.42 Å². The smallest absolute Gasteiger partial charge is 0.313 e. The van der Waals surface area contributed by atoms with Crippen LogP contribution in [0.3, 0.4) is 0 Å². The third kappa shape index (κ3) is 2.59. The minimum Gasteiger partial charge on any atom is -0.508 e. The van der Waals surface area contributed by atoms with Gasteiger partial charge in [-0.25, -0.2) is 0 Å². The molecule has 4 nitrogen and oxygen atoms in total. The third-order valence-electron chi connectivity index (χ3n) is 2.42. The van der Waals surface area contributed by atoms with Gasteiger partial charge in [0.1, 0.15) is 17.3 Å². The zero-order valence-electron chi connectivity index (χ0n) is 8.84. The molecule has 0 fully saturated rings. The van der Waals surface area contributed by atoms with Gasteiger partial charge in [0, 0.05) is 0 Å². The molecule has 84 valence electrons. The van der Waals surface area contributed by atoms with Gasteiger partial charge >= 0.3 is 5.97 Å². The van der Waals surface area contributed by atoms with Crippen molar-refractivity contribution in [1.82, 2.24) is 0 Å². The number of carboxylic acid groups (broad SMARTS) is 1. The first kappa shape index (κ1) is 11.8. The molecule has 0 aromatic heterocycles. The van der Waals surface area contributed by atoms with Crippen LogP contribution in [-0.2, 0) is 4.79 Å². The average molecular weight is 212 g/mol. The van der Waals surface area contributed by atoms with E-state index in [1.807, 2.05) is 13.8 Å². The Morgan fingerprint density at radius 1 is 1.60 bits per heavy atom. The van der Waals surface area contributed by atoms with Crippen molar-refractivity contribution in [3.63, 3.8) is 0 Å². The number of aliphatic carboxylic acids is 1. The van der Waals surface area contributed by atoms with Crippen LogP contribution in [0.5, 0.6) is 0 Å². The molecule has 0 saturated carbocycles. The van der Waals surface area contributed by atoms with Crippen LogP contribution in [0.25, 0.3) is 0 Å². The molecule has 0 bridgehead atoms. The molecule has 0 amide bonds. The van der Waals surface area contributed by atoms with Crippen LogP contribution in [0.15, 0.2) is 24.0 Å². The van der Waals surface area contributed by atoms with Gasteiger partial charge in [0.2, 0.25) is 0 Å². The second-order valence-corrected chi connectivity index (χ2v) is 4.33. The number of hydrogen-bond acceptors (Lipinski definition) is 3. The van der Waals surface area contributed by atoms with Gasteiger partial charge in [-0.05, 0) is 30.6 Å².